The molecule has 19 heteroatoms. The molecule has 2 aliphatic rings. The summed E-state index contributed by atoms with van der Waals surface area (Å²) in [5.41, 5.74) is 0.943. The Labute approximate surface area is 368 Å². The molecule has 0 saturated carbocycles. The number of anilines is 2. The molecular weight excluding hydrogens is 833 g/mol. The van der Waals surface area contributed by atoms with Crippen molar-refractivity contribution >= 4 is 64.7 Å². The van der Waals surface area contributed by atoms with Crippen molar-refractivity contribution in [2.75, 3.05) is 23.7 Å². The third kappa shape index (κ3) is 12.6. The number of fused-ring (bicyclic) bond motifs is 6. The molecule has 8 N–H and O–H groups in total. The van der Waals surface area contributed by atoms with Crippen LogP contribution in [-0.2, 0) is 48.7 Å². The number of amides is 6. The fourth-order valence-electron chi connectivity index (χ4n) is 7.52. The molecular formula is C45H52N6O13. The first kappa shape index (κ1) is 47.7. The van der Waals surface area contributed by atoms with Gasteiger partial charge in [0.1, 0.15) is 23.6 Å². The molecule has 3 atom stereocenters. The molecule has 0 bridgehead atoms. The first-order valence-corrected chi connectivity index (χ1v) is 21.0. The molecule has 3 aromatic carbocycles. The molecule has 340 valence electrons. The van der Waals surface area contributed by atoms with Crippen LogP contribution in [0.1, 0.15) is 112 Å². The highest BCUT2D eigenvalue weighted by Gasteiger charge is 2.53. The molecule has 2 aliphatic heterocycles. The number of carboxylic acid groups (broad SMARTS) is 2. The summed E-state index contributed by atoms with van der Waals surface area (Å²) in [6.45, 7) is 3.18. The summed E-state index contributed by atoms with van der Waals surface area (Å²) in [4.78, 5) is 110. The van der Waals surface area contributed by atoms with E-state index in [2.05, 4.69) is 31.9 Å². The van der Waals surface area contributed by atoms with E-state index in [1.807, 2.05) is 0 Å². The number of unbranched alkanes of at least 4 members (excludes halogenated alkanes) is 3. The Morgan fingerprint density at radius 2 is 1.06 bits per heavy atom. The predicted octanol–water partition coefficient (Wildman–Crippen LogP) is 3.83. The van der Waals surface area contributed by atoms with E-state index >= 15 is 0 Å². The van der Waals surface area contributed by atoms with Crippen LogP contribution in [0, 0.1) is 0 Å². The van der Waals surface area contributed by atoms with E-state index in [0.717, 1.165) is 0 Å². The van der Waals surface area contributed by atoms with Gasteiger partial charge in [-0.25, -0.2) is 4.79 Å². The van der Waals surface area contributed by atoms with Gasteiger partial charge in [-0.05, 0) is 62.4 Å². The zero-order chi connectivity index (χ0) is 46.4. The Morgan fingerprint density at radius 3 is 1.55 bits per heavy atom. The van der Waals surface area contributed by atoms with Gasteiger partial charge in [0.05, 0.1) is 18.4 Å². The number of hydrogen-bond acceptors (Lipinski definition) is 11. The van der Waals surface area contributed by atoms with Crippen LogP contribution >= 0.6 is 0 Å². The second-order valence-electron chi connectivity index (χ2n) is 15.5. The number of benzene rings is 3. The molecule has 64 heavy (non-hydrogen) atoms. The first-order valence-electron chi connectivity index (χ1n) is 21.0. The van der Waals surface area contributed by atoms with E-state index in [4.69, 9.17) is 19.7 Å². The number of carboxylic acids is 2. The van der Waals surface area contributed by atoms with Gasteiger partial charge < -0.3 is 51.6 Å². The van der Waals surface area contributed by atoms with Gasteiger partial charge in [0, 0.05) is 80.0 Å². The van der Waals surface area contributed by atoms with E-state index in [9.17, 15) is 43.2 Å². The van der Waals surface area contributed by atoms with Gasteiger partial charge in [0.2, 0.25) is 35.4 Å². The van der Waals surface area contributed by atoms with Crippen LogP contribution in [0.4, 0.5) is 11.4 Å². The molecule has 1 spiro atoms. The zero-order valence-electron chi connectivity index (χ0n) is 35.5. The lowest BCUT2D eigenvalue weighted by atomic mass is 9.77. The summed E-state index contributed by atoms with van der Waals surface area (Å²) < 4.78 is 12.7. The maximum absolute atomic E-state index is 13.6. The monoisotopic (exact) mass is 884 g/mol. The number of carbonyl (C=O) groups is 9. The minimum atomic E-state index is -1.47. The summed E-state index contributed by atoms with van der Waals surface area (Å²) >= 11 is 0. The van der Waals surface area contributed by atoms with Crippen LogP contribution in [0.3, 0.4) is 0 Å². The van der Waals surface area contributed by atoms with Crippen LogP contribution < -0.4 is 36.6 Å². The largest absolute Gasteiger partial charge is 0.481 e. The second kappa shape index (κ2) is 22.2. The number of nitrogens with one attached hydrogen (secondary N) is 6. The summed E-state index contributed by atoms with van der Waals surface area (Å²) in [6, 6.07) is 14.8. The van der Waals surface area contributed by atoms with Crippen LogP contribution in [0.25, 0.3) is 0 Å². The van der Waals surface area contributed by atoms with Crippen LogP contribution in [0.15, 0.2) is 60.7 Å². The number of hydrogen-bond donors (Lipinski definition) is 8. The molecule has 19 nitrogen and oxygen atoms in total. The Hall–Kier alpha value is -7.31. The molecule has 3 aromatic rings. The van der Waals surface area contributed by atoms with E-state index in [1.54, 1.807) is 60.7 Å². The summed E-state index contributed by atoms with van der Waals surface area (Å²) in [5, 5.41) is 33.8. The molecule has 0 saturated heterocycles. The SMILES string of the molecule is CC(=O)NC(CCCCCNC(=O)CCC(=O)O)C(=O)Nc1ccc2c(c1)Oc1cc(NC(=O)C(CCCCNC(=O)CCC(=O)O)NC(C)=O)ccc1C21OC(=O)c2ccccc21. The third-order valence-electron chi connectivity index (χ3n) is 10.5. The van der Waals surface area contributed by atoms with Gasteiger partial charge in [-0.2, -0.15) is 0 Å². The fourth-order valence-corrected chi connectivity index (χ4v) is 7.52. The average molecular weight is 885 g/mol. The van der Waals surface area contributed by atoms with Crippen LogP contribution in [-0.4, -0.2) is 88.7 Å². The Bertz CT molecular complexity index is 2300. The fraction of sp³-hybridized carbons (Fsp3) is 0.400. The first-order chi connectivity index (χ1) is 30.6. The number of rotatable bonds is 23. The predicted molar refractivity (Wildman–Crippen MR) is 229 cm³/mol. The minimum absolute atomic E-state index is 0.116. The second-order valence-corrected chi connectivity index (χ2v) is 15.5. The van der Waals surface area contributed by atoms with E-state index < -0.39 is 65.1 Å². The lowest BCUT2D eigenvalue weighted by molar-refractivity contribution is -0.139. The lowest BCUT2D eigenvalue weighted by Gasteiger charge is -2.37. The van der Waals surface area contributed by atoms with Gasteiger partial charge in [0.15, 0.2) is 5.60 Å². The number of esters is 1. The van der Waals surface area contributed by atoms with Crippen molar-refractivity contribution in [2.24, 2.45) is 0 Å². The van der Waals surface area contributed by atoms with Crippen LogP contribution in [0.5, 0.6) is 11.5 Å². The number of aliphatic carboxylic acids is 2. The Morgan fingerprint density at radius 1 is 0.594 bits per heavy atom. The van der Waals surface area contributed by atoms with Gasteiger partial charge in [0.25, 0.3) is 0 Å². The van der Waals surface area contributed by atoms with Gasteiger partial charge in [-0.3, -0.25) is 38.4 Å². The van der Waals surface area contributed by atoms with Crippen molar-refractivity contribution < 1.29 is 62.8 Å². The highest BCUT2D eigenvalue weighted by molar-refractivity contribution is 6.00. The lowest BCUT2D eigenvalue weighted by Crippen LogP contribution is -2.43. The molecule has 0 aliphatic carbocycles. The number of ether oxygens (including phenoxy) is 2. The topological polar surface area (TPSA) is 285 Å². The molecule has 0 radical (unpaired) electrons. The summed E-state index contributed by atoms with van der Waals surface area (Å²) in [6.07, 6.45) is 2.35. The highest BCUT2D eigenvalue weighted by atomic mass is 16.6. The van der Waals surface area contributed by atoms with Crippen LogP contribution in [0.2, 0.25) is 0 Å². The maximum Gasteiger partial charge on any atom is 0.340 e. The number of carbonyl (C=O) groups excluding carboxylic acids is 7. The summed E-state index contributed by atoms with van der Waals surface area (Å²) in [7, 11) is 0. The molecule has 5 rings (SSSR count). The van der Waals surface area contributed by atoms with Gasteiger partial charge in [-0.1, -0.05) is 31.0 Å². The van der Waals surface area contributed by atoms with Crippen molar-refractivity contribution in [2.45, 2.75) is 102 Å². The molecule has 0 fully saturated rings. The molecule has 0 aromatic heterocycles. The average Bonchev–Trinajstić information content (AvgIpc) is 3.53. The van der Waals surface area contributed by atoms with Crippen molar-refractivity contribution in [3.05, 3.63) is 82.9 Å². The quantitative estimate of drug-likeness (QED) is 0.0497. The van der Waals surface area contributed by atoms with E-state index in [0.29, 0.717) is 72.3 Å². The molecule has 3 unspecified atom stereocenters. The van der Waals surface area contributed by atoms with Gasteiger partial charge >= 0.3 is 17.9 Å². The zero-order valence-corrected chi connectivity index (χ0v) is 35.5. The standard InChI is InChI=1S/C45H52N6O13/c1-26(52)48-34(12-4-3-8-22-46-38(54)18-20-40(56)57)42(60)50-28-14-16-32-36(24-28)63-37-25-29(15-17-33(37)45(32)31-11-6-5-10-30(31)44(62)64-45)51-43(61)35(49-27(2)53)13-7-9-23-47-39(55)19-21-41(58)59/h5-6,10-11,14-17,24-25,34-35H,3-4,7-9,12-13,18-23H2,1-2H3,(H,46,54)(H,47,55)(H,48,52)(H,49,53)(H,50,60)(H,51,61)(H,56,57)(H,58,59). The Kier molecular flexibility index (Phi) is 16.5. The maximum atomic E-state index is 13.6. The van der Waals surface area contributed by atoms with Crippen molar-refractivity contribution in [1.82, 2.24) is 21.3 Å². The van der Waals surface area contributed by atoms with Crippen molar-refractivity contribution in [3.63, 3.8) is 0 Å². The van der Waals surface area contributed by atoms with E-state index in [-0.39, 0.29) is 62.5 Å². The normalized spacial score (nSPS) is 15.1. The van der Waals surface area contributed by atoms with Gasteiger partial charge in [-0.15, -0.1) is 0 Å². The smallest absolute Gasteiger partial charge is 0.340 e. The van der Waals surface area contributed by atoms with Crippen molar-refractivity contribution in [3.8, 4) is 11.5 Å². The summed E-state index contributed by atoms with van der Waals surface area (Å²) in [5.74, 6) is -4.89. The minimum Gasteiger partial charge on any atom is -0.481 e. The molecule has 2 heterocycles. The third-order valence-corrected chi connectivity index (χ3v) is 10.5. The van der Waals surface area contributed by atoms with E-state index in [1.165, 1.54) is 13.8 Å². The molecule has 6 amide bonds. The van der Waals surface area contributed by atoms with Crippen molar-refractivity contribution in [1.29, 1.82) is 0 Å². The highest BCUT2D eigenvalue weighted by Crippen LogP contribution is 2.56. The Balaban J connectivity index is 1.31.